The Morgan fingerprint density at radius 1 is 1.19 bits per heavy atom. The minimum atomic E-state index is -0.926. The molecule has 0 saturated carbocycles. The lowest BCUT2D eigenvalue weighted by Gasteiger charge is -2.49. The number of fused-ring (bicyclic) bond motifs is 1. The molecule has 2 saturated heterocycles. The number of likely N-dealkylation sites (tertiary alicyclic amines) is 2. The van der Waals surface area contributed by atoms with Crippen LogP contribution in [-0.4, -0.2) is 66.4 Å². The maximum atomic E-state index is 15.4. The first-order valence-corrected chi connectivity index (χ1v) is 11.5. The first-order chi connectivity index (χ1) is 15.4. The van der Waals surface area contributed by atoms with Crippen LogP contribution in [0.25, 0.3) is 10.8 Å². The van der Waals surface area contributed by atoms with E-state index in [1.165, 1.54) is 0 Å². The van der Waals surface area contributed by atoms with Gasteiger partial charge >= 0.3 is 5.97 Å². The summed E-state index contributed by atoms with van der Waals surface area (Å²) in [4.78, 5) is 15.9. The van der Waals surface area contributed by atoms with Crippen LogP contribution in [0.4, 0.5) is 4.39 Å². The van der Waals surface area contributed by atoms with Gasteiger partial charge in [-0.15, -0.1) is 0 Å². The Labute approximate surface area is 187 Å². The van der Waals surface area contributed by atoms with Crippen LogP contribution in [0.5, 0.6) is 0 Å². The number of aliphatic hydroxyl groups is 1. The molecule has 2 atom stereocenters. The third kappa shape index (κ3) is 3.61. The highest BCUT2D eigenvalue weighted by Crippen LogP contribution is 2.44. The number of nitrogens with zero attached hydrogens (tertiary/aromatic N) is 2. The number of aliphatic hydroxyl groups excluding tert-OH is 1. The number of alkyl halides is 1. The van der Waals surface area contributed by atoms with Gasteiger partial charge in [0.1, 0.15) is 12.8 Å². The molecule has 1 aromatic carbocycles. The van der Waals surface area contributed by atoms with Gasteiger partial charge < -0.3 is 24.1 Å². The lowest BCUT2D eigenvalue weighted by atomic mass is 9.69. The van der Waals surface area contributed by atoms with Crippen molar-refractivity contribution in [3.8, 4) is 0 Å². The van der Waals surface area contributed by atoms with Crippen LogP contribution in [-0.2, 0) is 9.53 Å². The zero-order valence-corrected chi connectivity index (χ0v) is 18.8. The molecule has 3 aliphatic heterocycles. The molecule has 0 aliphatic carbocycles. The highest BCUT2D eigenvalue weighted by atomic mass is 19.1. The normalized spacial score (nSPS) is 25.1. The molecule has 32 heavy (non-hydrogen) atoms. The summed E-state index contributed by atoms with van der Waals surface area (Å²) in [6, 6.07) is 3.96. The number of carbonyl (C=O) groups excluding carboxylic acids is 1. The van der Waals surface area contributed by atoms with Crippen LogP contribution < -0.4 is 0 Å². The van der Waals surface area contributed by atoms with E-state index in [0.717, 1.165) is 66.5 Å². The summed E-state index contributed by atoms with van der Waals surface area (Å²) >= 11 is 0. The molecule has 0 amide bonds. The number of esters is 1. The number of ether oxygens (including phenoxy) is 1. The van der Waals surface area contributed by atoms with Crippen molar-refractivity contribution in [1.29, 1.82) is 0 Å². The maximum absolute atomic E-state index is 15.4. The summed E-state index contributed by atoms with van der Waals surface area (Å²) < 4.78 is 25.8. The Hall–Kier alpha value is -2.38. The van der Waals surface area contributed by atoms with Gasteiger partial charge in [0.2, 0.25) is 0 Å². The summed E-state index contributed by atoms with van der Waals surface area (Å²) in [6.45, 7) is 7.25. The van der Waals surface area contributed by atoms with Gasteiger partial charge in [-0.2, -0.15) is 0 Å². The fourth-order valence-electron chi connectivity index (χ4n) is 5.68. The van der Waals surface area contributed by atoms with Crippen molar-refractivity contribution in [1.82, 2.24) is 9.80 Å². The minimum absolute atomic E-state index is 0.264. The SMILES string of the molecule is CC1=C(N2CCC3(CCN(C[C@H](O)c4ccc5cocc5c4C)CC3)[C@H](F)C2)COC1=O. The zero-order valence-electron chi connectivity index (χ0n) is 18.8. The number of furan rings is 1. The second kappa shape index (κ2) is 8.19. The number of hydrogen-bond acceptors (Lipinski definition) is 6. The number of piperidine rings is 2. The topological polar surface area (TPSA) is 66.2 Å². The summed E-state index contributed by atoms with van der Waals surface area (Å²) in [5, 5.41) is 13.0. The number of hydrogen-bond donors (Lipinski definition) is 1. The Balaban J connectivity index is 1.19. The van der Waals surface area contributed by atoms with Gasteiger partial charge in [-0.1, -0.05) is 12.1 Å². The zero-order chi connectivity index (χ0) is 22.5. The van der Waals surface area contributed by atoms with E-state index >= 15 is 4.39 Å². The van der Waals surface area contributed by atoms with E-state index in [1.807, 2.05) is 24.0 Å². The first kappa shape index (κ1) is 21.5. The lowest BCUT2D eigenvalue weighted by molar-refractivity contribution is -0.136. The fourth-order valence-corrected chi connectivity index (χ4v) is 5.68. The van der Waals surface area contributed by atoms with E-state index in [-0.39, 0.29) is 18.0 Å². The summed E-state index contributed by atoms with van der Waals surface area (Å²) in [5.41, 5.74) is 3.13. The molecule has 0 bridgehead atoms. The van der Waals surface area contributed by atoms with Crippen LogP contribution in [0.1, 0.15) is 43.4 Å². The predicted molar refractivity (Wildman–Crippen MR) is 119 cm³/mol. The van der Waals surface area contributed by atoms with Gasteiger partial charge in [0.15, 0.2) is 0 Å². The van der Waals surface area contributed by atoms with Crippen molar-refractivity contribution >= 4 is 16.7 Å². The molecule has 3 aliphatic rings. The number of cyclic esters (lactones) is 1. The van der Waals surface area contributed by atoms with Crippen molar-refractivity contribution < 1.29 is 23.4 Å². The molecular weight excluding hydrogens is 411 g/mol. The van der Waals surface area contributed by atoms with E-state index in [4.69, 9.17) is 9.15 Å². The van der Waals surface area contributed by atoms with Crippen LogP contribution >= 0.6 is 0 Å². The molecule has 1 aromatic heterocycles. The molecular formula is C25H31FN2O4. The second-order valence-corrected chi connectivity index (χ2v) is 9.64. The third-order valence-electron chi connectivity index (χ3n) is 8.00. The smallest absolute Gasteiger partial charge is 0.335 e. The van der Waals surface area contributed by atoms with Gasteiger partial charge in [-0.25, -0.2) is 9.18 Å². The van der Waals surface area contributed by atoms with Gasteiger partial charge in [0, 0.05) is 35.8 Å². The molecule has 2 aromatic rings. The summed E-state index contributed by atoms with van der Waals surface area (Å²) in [5.74, 6) is -0.287. The largest absolute Gasteiger partial charge is 0.471 e. The van der Waals surface area contributed by atoms with E-state index in [1.54, 1.807) is 19.5 Å². The quantitative estimate of drug-likeness (QED) is 0.728. The number of rotatable bonds is 4. The molecule has 4 heterocycles. The monoisotopic (exact) mass is 442 g/mol. The molecule has 0 radical (unpaired) electrons. The highest BCUT2D eigenvalue weighted by Gasteiger charge is 2.46. The van der Waals surface area contributed by atoms with Crippen molar-refractivity contribution in [2.24, 2.45) is 5.41 Å². The molecule has 172 valence electrons. The van der Waals surface area contributed by atoms with Crippen LogP contribution in [0.15, 0.2) is 40.3 Å². The van der Waals surface area contributed by atoms with Gasteiger partial charge in [0.05, 0.1) is 29.9 Å². The maximum Gasteiger partial charge on any atom is 0.335 e. The average Bonchev–Trinajstić information content (AvgIpc) is 3.39. The molecule has 5 rings (SSSR count). The Kier molecular flexibility index (Phi) is 5.50. The van der Waals surface area contributed by atoms with E-state index in [0.29, 0.717) is 18.7 Å². The first-order valence-electron chi connectivity index (χ1n) is 11.5. The summed E-state index contributed by atoms with van der Waals surface area (Å²) in [6.07, 6.45) is 4.31. The predicted octanol–water partition coefficient (Wildman–Crippen LogP) is 3.73. The Morgan fingerprint density at radius 2 is 1.94 bits per heavy atom. The van der Waals surface area contributed by atoms with Gasteiger partial charge in [0.25, 0.3) is 0 Å². The average molecular weight is 443 g/mol. The number of aryl methyl sites for hydroxylation is 1. The van der Waals surface area contributed by atoms with Gasteiger partial charge in [-0.3, -0.25) is 0 Å². The molecule has 2 fully saturated rings. The fraction of sp³-hybridized carbons (Fsp3) is 0.560. The minimum Gasteiger partial charge on any atom is -0.471 e. The van der Waals surface area contributed by atoms with E-state index in [9.17, 15) is 9.90 Å². The number of halogens is 1. The van der Waals surface area contributed by atoms with Crippen LogP contribution in [0.2, 0.25) is 0 Å². The Morgan fingerprint density at radius 3 is 2.62 bits per heavy atom. The van der Waals surface area contributed by atoms with Gasteiger partial charge in [-0.05, 0) is 57.3 Å². The molecule has 6 nitrogen and oxygen atoms in total. The van der Waals surface area contributed by atoms with E-state index in [2.05, 4.69) is 4.90 Å². The van der Waals surface area contributed by atoms with Crippen LogP contribution in [0.3, 0.4) is 0 Å². The Bertz CT molecular complexity index is 1050. The van der Waals surface area contributed by atoms with Crippen molar-refractivity contribution in [2.75, 3.05) is 39.3 Å². The van der Waals surface area contributed by atoms with Crippen molar-refractivity contribution in [2.45, 2.75) is 45.4 Å². The number of β-amino-alcohol motifs (C(OH)–C–C–N with tert-alkyl or cyclic N) is 1. The molecule has 0 unspecified atom stereocenters. The van der Waals surface area contributed by atoms with Crippen molar-refractivity contribution in [3.63, 3.8) is 0 Å². The molecule has 1 spiro atoms. The molecule has 1 N–H and O–H groups in total. The molecule has 7 heteroatoms. The standard InChI is InChI=1S/C25H31FN2O4/c1-16-19(4-3-18-13-31-14-20(16)18)22(29)11-27-8-5-25(6-9-27)7-10-28(12-23(25)26)21-15-32-24(30)17(21)2/h3-4,13-14,22-23,29H,5-12,15H2,1-2H3/t22-,23+/m0/s1. The van der Waals surface area contributed by atoms with E-state index < -0.39 is 12.3 Å². The number of carbonyl (C=O) groups is 1. The highest BCUT2D eigenvalue weighted by molar-refractivity contribution is 5.90. The lowest BCUT2D eigenvalue weighted by Crippen LogP contribution is -2.53. The summed E-state index contributed by atoms with van der Waals surface area (Å²) in [7, 11) is 0. The number of benzene rings is 1. The second-order valence-electron chi connectivity index (χ2n) is 9.64. The van der Waals surface area contributed by atoms with Crippen molar-refractivity contribution in [3.05, 3.63) is 47.1 Å². The third-order valence-corrected chi connectivity index (χ3v) is 8.00. The van der Waals surface area contributed by atoms with Crippen LogP contribution in [0, 0.1) is 12.3 Å².